The van der Waals surface area contributed by atoms with Gasteiger partial charge in [-0.05, 0) is 19.3 Å². The molecule has 0 fully saturated rings. The molecule has 0 radical (unpaired) electrons. The summed E-state index contributed by atoms with van der Waals surface area (Å²) in [7, 11) is 0. The van der Waals surface area contributed by atoms with Gasteiger partial charge < -0.3 is 10.2 Å². The molecule has 1 aliphatic rings. The minimum absolute atomic E-state index is 0.206. The normalized spacial score (nSPS) is 32.1. The summed E-state index contributed by atoms with van der Waals surface area (Å²) < 4.78 is 0. The second-order valence-corrected chi connectivity index (χ2v) is 3.89. The third-order valence-corrected chi connectivity index (χ3v) is 2.69. The van der Waals surface area contributed by atoms with E-state index in [0.717, 1.165) is 5.57 Å². The highest BCUT2D eigenvalue weighted by molar-refractivity contribution is 5.81. The molecule has 14 heavy (non-hydrogen) atoms. The molecule has 0 aromatic heterocycles. The number of allylic oxidation sites excluding steroid dienone is 2. The molecule has 3 atom stereocenters. The van der Waals surface area contributed by atoms with Crippen molar-refractivity contribution in [3.8, 4) is 0 Å². The van der Waals surface area contributed by atoms with Gasteiger partial charge in [0, 0.05) is 0 Å². The van der Waals surface area contributed by atoms with Crippen molar-refractivity contribution < 1.29 is 19.8 Å². The zero-order valence-corrected chi connectivity index (χ0v) is 8.23. The van der Waals surface area contributed by atoms with Gasteiger partial charge in [0.1, 0.15) is 0 Å². The molecule has 0 aromatic rings. The fourth-order valence-corrected chi connectivity index (χ4v) is 2.10. The second-order valence-electron chi connectivity index (χ2n) is 3.89. The largest absolute Gasteiger partial charge is 0.481 e. The lowest BCUT2D eigenvalue weighted by Crippen LogP contribution is -2.36. The summed E-state index contributed by atoms with van der Waals surface area (Å²) in [6, 6.07) is 0. The molecule has 1 rings (SSSR count). The smallest absolute Gasteiger partial charge is 0.307 e. The fraction of sp³-hybridized carbons (Fsp3) is 0.600. The zero-order chi connectivity index (χ0) is 10.9. The summed E-state index contributed by atoms with van der Waals surface area (Å²) in [4.78, 5) is 21.8. The Morgan fingerprint density at radius 1 is 1.36 bits per heavy atom. The third-order valence-electron chi connectivity index (χ3n) is 2.69. The molecule has 2 N–H and O–H groups in total. The summed E-state index contributed by atoms with van der Waals surface area (Å²) in [5.41, 5.74) is 0.961. The van der Waals surface area contributed by atoms with Gasteiger partial charge in [0.2, 0.25) is 0 Å². The van der Waals surface area contributed by atoms with Crippen LogP contribution in [0.15, 0.2) is 11.6 Å². The van der Waals surface area contributed by atoms with Crippen LogP contribution in [0.25, 0.3) is 0 Å². The maximum absolute atomic E-state index is 10.9. The van der Waals surface area contributed by atoms with Crippen molar-refractivity contribution >= 4 is 11.9 Å². The summed E-state index contributed by atoms with van der Waals surface area (Å²) in [6.07, 6.45) is 2.19. The van der Waals surface area contributed by atoms with Gasteiger partial charge in [-0.25, -0.2) is 0 Å². The van der Waals surface area contributed by atoms with Crippen LogP contribution in [0.4, 0.5) is 0 Å². The van der Waals surface area contributed by atoms with E-state index in [1.54, 1.807) is 6.92 Å². The van der Waals surface area contributed by atoms with Gasteiger partial charge in [-0.15, -0.1) is 0 Å². The number of hydrogen-bond donors (Lipinski definition) is 2. The first-order valence-electron chi connectivity index (χ1n) is 4.56. The number of carboxylic acid groups (broad SMARTS) is 2. The van der Waals surface area contributed by atoms with Crippen molar-refractivity contribution in [2.24, 2.45) is 17.8 Å². The molecule has 0 aliphatic heterocycles. The van der Waals surface area contributed by atoms with E-state index in [0.29, 0.717) is 6.42 Å². The number of hydrogen-bond acceptors (Lipinski definition) is 2. The summed E-state index contributed by atoms with van der Waals surface area (Å²) in [6.45, 7) is 3.59. The van der Waals surface area contributed by atoms with E-state index in [1.807, 2.05) is 13.0 Å². The Hall–Kier alpha value is -1.32. The van der Waals surface area contributed by atoms with Gasteiger partial charge in [0.15, 0.2) is 0 Å². The lowest BCUT2D eigenvalue weighted by atomic mass is 9.74. The second kappa shape index (κ2) is 3.82. The molecule has 0 heterocycles. The Kier molecular flexibility index (Phi) is 2.93. The highest BCUT2D eigenvalue weighted by Gasteiger charge is 2.39. The molecule has 4 heteroatoms. The standard InChI is InChI=1S/C10H14O4/c1-5-3-6(2)8(10(13)14)7(4-5)9(11)12/h3,6-8H,4H2,1-2H3,(H,11,12)(H,13,14)/t6-,7+,8+/m1/s1. The van der Waals surface area contributed by atoms with Crippen molar-refractivity contribution in [3.63, 3.8) is 0 Å². The average Bonchev–Trinajstić information content (AvgIpc) is 2.01. The van der Waals surface area contributed by atoms with Crippen LogP contribution >= 0.6 is 0 Å². The van der Waals surface area contributed by atoms with Crippen LogP contribution in [0.1, 0.15) is 20.3 Å². The van der Waals surface area contributed by atoms with Crippen molar-refractivity contribution in [2.75, 3.05) is 0 Å². The molecule has 0 unspecified atom stereocenters. The van der Waals surface area contributed by atoms with Gasteiger partial charge >= 0.3 is 11.9 Å². The first kappa shape index (κ1) is 10.8. The van der Waals surface area contributed by atoms with Gasteiger partial charge in [-0.2, -0.15) is 0 Å². The minimum Gasteiger partial charge on any atom is -0.481 e. The SMILES string of the molecule is CC1=C[C@@H](C)[C@H](C(=O)O)[C@@H](C(=O)O)C1. The molecule has 0 amide bonds. The van der Waals surface area contributed by atoms with Crippen molar-refractivity contribution in [3.05, 3.63) is 11.6 Å². The van der Waals surface area contributed by atoms with Crippen LogP contribution < -0.4 is 0 Å². The van der Waals surface area contributed by atoms with Crippen molar-refractivity contribution in [1.29, 1.82) is 0 Å². The topological polar surface area (TPSA) is 74.6 Å². The van der Waals surface area contributed by atoms with E-state index in [1.165, 1.54) is 0 Å². The number of carboxylic acids is 2. The molecule has 78 valence electrons. The van der Waals surface area contributed by atoms with E-state index in [9.17, 15) is 9.59 Å². The average molecular weight is 198 g/mol. The highest BCUT2D eigenvalue weighted by Crippen LogP contribution is 2.34. The molecule has 0 aromatic carbocycles. The van der Waals surface area contributed by atoms with Gasteiger partial charge in [-0.3, -0.25) is 9.59 Å². The van der Waals surface area contributed by atoms with Gasteiger partial charge in [0.05, 0.1) is 11.8 Å². The van der Waals surface area contributed by atoms with Crippen LogP contribution in [0.3, 0.4) is 0 Å². The van der Waals surface area contributed by atoms with E-state index >= 15 is 0 Å². The van der Waals surface area contributed by atoms with Crippen LogP contribution in [-0.2, 0) is 9.59 Å². The first-order valence-corrected chi connectivity index (χ1v) is 4.56. The molecular formula is C10H14O4. The predicted molar refractivity (Wildman–Crippen MR) is 49.8 cm³/mol. The van der Waals surface area contributed by atoms with E-state index in [4.69, 9.17) is 10.2 Å². The molecule has 0 bridgehead atoms. The van der Waals surface area contributed by atoms with Gasteiger partial charge in [-0.1, -0.05) is 18.6 Å². The summed E-state index contributed by atoms with van der Waals surface area (Å²) in [5.74, 6) is -3.82. The monoisotopic (exact) mass is 198 g/mol. The van der Waals surface area contributed by atoms with Crippen molar-refractivity contribution in [2.45, 2.75) is 20.3 Å². The Bertz CT molecular complexity index is 292. The Morgan fingerprint density at radius 3 is 2.36 bits per heavy atom. The molecule has 4 nitrogen and oxygen atoms in total. The van der Waals surface area contributed by atoms with Crippen LogP contribution in [0.2, 0.25) is 0 Å². The lowest BCUT2D eigenvalue weighted by molar-refractivity contribution is -0.155. The highest BCUT2D eigenvalue weighted by atomic mass is 16.4. The quantitative estimate of drug-likeness (QED) is 0.657. The van der Waals surface area contributed by atoms with Crippen LogP contribution in [-0.4, -0.2) is 22.2 Å². The fourth-order valence-electron chi connectivity index (χ4n) is 2.10. The van der Waals surface area contributed by atoms with Crippen LogP contribution in [0.5, 0.6) is 0 Å². The van der Waals surface area contributed by atoms with E-state index in [2.05, 4.69) is 0 Å². The molecular weight excluding hydrogens is 184 g/mol. The number of aliphatic carboxylic acids is 2. The van der Waals surface area contributed by atoms with Crippen molar-refractivity contribution in [1.82, 2.24) is 0 Å². The Balaban J connectivity index is 2.98. The maximum atomic E-state index is 10.9. The molecule has 0 spiro atoms. The summed E-state index contributed by atoms with van der Waals surface area (Å²) >= 11 is 0. The first-order chi connectivity index (χ1) is 6.43. The number of rotatable bonds is 2. The van der Waals surface area contributed by atoms with E-state index < -0.39 is 23.8 Å². The third kappa shape index (κ3) is 1.95. The summed E-state index contributed by atoms with van der Waals surface area (Å²) in [5, 5.41) is 17.8. The lowest BCUT2D eigenvalue weighted by Gasteiger charge is -2.29. The minimum atomic E-state index is -1.02. The van der Waals surface area contributed by atoms with Gasteiger partial charge in [0.25, 0.3) is 0 Å². The van der Waals surface area contributed by atoms with E-state index in [-0.39, 0.29) is 5.92 Å². The zero-order valence-electron chi connectivity index (χ0n) is 8.23. The maximum Gasteiger partial charge on any atom is 0.307 e. The molecule has 0 saturated carbocycles. The molecule has 0 saturated heterocycles. The van der Waals surface area contributed by atoms with Crippen LogP contribution in [0, 0.1) is 17.8 Å². The molecule has 1 aliphatic carbocycles. The Labute approximate surface area is 82.2 Å². The predicted octanol–water partition coefficient (Wildman–Crippen LogP) is 1.37. The Morgan fingerprint density at radius 2 is 1.93 bits per heavy atom. The number of carbonyl (C=O) groups is 2.